The summed E-state index contributed by atoms with van der Waals surface area (Å²) in [4.78, 5) is 19.8. The number of aliphatic carboxylic acids is 1. The molecule has 3 aromatic rings. The maximum Gasteiger partial charge on any atom is 0.335 e. The molecule has 2 aliphatic rings. The van der Waals surface area contributed by atoms with Crippen molar-refractivity contribution < 1.29 is 14.6 Å². The minimum absolute atomic E-state index is 0. The third kappa shape index (κ3) is 4.61. The van der Waals surface area contributed by atoms with Crippen LogP contribution in [-0.2, 0) is 4.79 Å². The molecule has 0 aromatic heterocycles. The summed E-state index contributed by atoms with van der Waals surface area (Å²) >= 11 is 14.4. The maximum atomic E-state index is 12.5. The first-order valence-corrected chi connectivity index (χ1v) is 11.7. The molecule has 0 radical (unpaired) electrons. The molecular weight excluding hydrogens is 550 g/mol. The SMILES string of the molecule is COc1ccc2ccccc2c1C1C(C(=O)O)=C(C)N=C2SC(c3c(Cl)cccc3Cl)=CN21.Cl.Cl. The Kier molecular flexibility index (Phi) is 8.35. The maximum absolute atomic E-state index is 12.5. The van der Waals surface area contributed by atoms with Gasteiger partial charge in [0.25, 0.3) is 0 Å². The number of amidine groups is 1. The molecule has 0 aliphatic carbocycles. The summed E-state index contributed by atoms with van der Waals surface area (Å²) in [7, 11) is 1.59. The van der Waals surface area contributed by atoms with Crippen LogP contribution in [0.15, 0.2) is 77.1 Å². The van der Waals surface area contributed by atoms with Gasteiger partial charge in [-0.15, -0.1) is 24.8 Å². The summed E-state index contributed by atoms with van der Waals surface area (Å²) in [6, 6.07) is 16.4. The van der Waals surface area contributed by atoms with E-state index in [2.05, 4.69) is 4.99 Å². The predicted octanol–water partition coefficient (Wildman–Crippen LogP) is 7.82. The van der Waals surface area contributed by atoms with Crippen LogP contribution in [-0.4, -0.2) is 28.3 Å². The van der Waals surface area contributed by atoms with Crippen LogP contribution in [0.3, 0.4) is 0 Å². The normalized spacial score (nSPS) is 16.7. The van der Waals surface area contributed by atoms with E-state index in [4.69, 9.17) is 27.9 Å². The van der Waals surface area contributed by atoms with Gasteiger partial charge in [0.1, 0.15) is 5.75 Å². The lowest BCUT2D eigenvalue weighted by molar-refractivity contribution is -0.133. The molecular formula is C25H20Cl4N2O3S. The Balaban J connectivity index is 0.00000171. The van der Waals surface area contributed by atoms with E-state index in [9.17, 15) is 9.90 Å². The zero-order valence-corrected chi connectivity index (χ0v) is 22.5. The Morgan fingerprint density at radius 2 is 1.74 bits per heavy atom. The fourth-order valence-electron chi connectivity index (χ4n) is 4.30. The van der Waals surface area contributed by atoms with Gasteiger partial charge in [-0.3, -0.25) is 0 Å². The molecule has 1 unspecified atom stereocenters. The Hall–Kier alpha value is -2.35. The van der Waals surface area contributed by atoms with Crippen molar-refractivity contribution in [3.8, 4) is 5.75 Å². The van der Waals surface area contributed by atoms with E-state index < -0.39 is 12.0 Å². The van der Waals surface area contributed by atoms with Gasteiger partial charge in [-0.2, -0.15) is 0 Å². The number of ether oxygens (including phenoxy) is 1. The zero-order valence-electron chi connectivity index (χ0n) is 18.5. The van der Waals surface area contributed by atoms with Crippen LogP contribution in [0.25, 0.3) is 15.7 Å². The number of methoxy groups -OCH3 is 1. The first kappa shape index (κ1) is 27.2. The van der Waals surface area contributed by atoms with Gasteiger partial charge in [0.05, 0.1) is 34.5 Å². The Morgan fingerprint density at radius 3 is 2.40 bits per heavy atom. The highest BCUT2D eigenvalue weighted by molar-refractivity contribution is 8.22. The van der Waals surface area contributed by atoms with Crippen molar-refractivity contribution >= 4 is 86.6 Å². The lowest BCUT2D eigenvalue weighted by Crippen LogP contribution is -2.33. The zero-order chi connectivity index (χ0) is 23.3. The smallest absolute Gasteiger partial charge is 0.335 e. The van der Waals surface area contributed by atoms with Crippen LogP contribution in [0, 0.1) is 0 Å². The molecule has 0 saturated carbocycles. The molecule has 0 saturated heterocycles. The van der Waals surface area contributed by atoms with Crippen molar-refractivity contribution in [3.63, 3.8) is 0 Å². The van der Waals surface area contributed by atoms with E-state index in [-0.39, 0.29) is 30.4 Å². The number of hydrogen-bond donors (Lipinski definition) is 1. The number of fused-ring (bicyclic) bond motifs is 2. The number of benzene rings is 3. The van der Waals surface area contributed by atoms with E-state index in [1.165, 1.54) is 11.8 Å². The van der Waals surface area contributed by atoms with Gasteiger partial charge in [-0.05, 0) is 47.7 Å². The molecule has 0 amide bonds. The van der Waals surface area contributed by atoms with Crippen LogP contribution in [0.5, 0.6) is 5.75 Å². The summed E-state index contributed by atoms with van der Waals surface area (Å²) in [5.74, 6) is -0.424. The van der Waals surface area contributed by atoms with Gasteiger partial charge in [0, 0.05) is 22.2 Å². The van der Waals surface area contributed by atoms with Crippen molar-refractivity contribution in [2.75, 3.05) is 7.11 Å². The highest BCUT2D eigenvalue weighted by Crippen LogP contribution is 2.51. The number of carbonyl (C=O) groups is 1. The molecule has 2 heterocycles. The number of carboxylic acids is 1. The van der Waals surface area contributed by atoms with E-state index in [0.717, 1.165) is 21.2 Å². The third-order valence-electron chi connectivity index (χ3n) is 5.75. The van der Waals surface area contributed by atoms with Gasteiger partial charge in [0.2, 0.25) is 0 Å². The number of allylic oxidation sites excluding steroid dienone is 1. The van der Waals surface area contributed by atoms with E-state index in [1.54, 1.807) is 32.2 Å². The van der Waals surface area contributed by atoms with Crippen LogP contribution >= 0.6 is 59.8 Å². The topological polar surface area (TPSA) is 62.1 Å². The molecule has 0 spiro atoms. The quantitative estimate of drug-likeness (QED) is 0.347. The number of aliphatic imine (C=N–C) groups is 1. The molecule has 182 valence electrons. The van der Waals surface area contributed by atoms with Gasteiger partial charge < -0.3 is 14.7 Å². The number of thioether (sulfide) groups is 1. The average Bonchev–Trinajstić information content (AvgIpc) is 3.20. The monoisotopic (exact) mass is 568 g/mol. The van der Waals surface area contributed by atoms with Crippen LogP contribution in [0.4, 0.5) is 0 Å². The molecule has 5 rings (SSSR count). The third-order valence-corrected chi connectivity index (χ3v) is 7.39. The summed E-state index contributed by atoms with van der Waals surface area (Å²) < 4.78 is 5.72. The van der Waals surface area contributed by atoms with Crippen molar-refractivity contribution in [2.45, 2.75) is 13.0 Å². The van der Waals surface area contributed by atoms with Gasteiger partial charge in [0.15, 0.2) is 5.17 Å². The molecule has 0 bridgehead atoms. The van der Waals surface area contributed by atoms with Crippen molar-refractivity contribution in [3.05, 3.63) is 93.2 Å². The van der Waals surface area contributed by atoms with E-state index in [1.807, 2.05) is 47.5 Å². The number of rotatable bonds is 4. The molecule has 5 nitrogen and oxygen atoms in total. The minimum atomic E-state index is -1.03. The lowest BCUT2D eigenvalue weighted by Gasteiger charge is -2.34. The van der Waals surface area contributed by atoms with Crippen LogP contribution in [0.2, 0.25) is 10.0 Å². The van der Waals surface area contributed by atoms with Crippen LogP contribution < -0.4 is 4.74 Å². The number of halogens is 4. The van der Waals surface area contributed by atoms with E-state index in [0.29, 0.717) is 32.2 Å². The van der Waals surface area contributed by atoms with Gasteiger partial charge in [-0.1, -0.05) is 59.6 Å². The molecule has 2 aliphatic heterocycles. The summed E-state index contributed by atoms with van der Waals surface area (Å²) in [6.45, 7) is 1.72. The molecule has 0 fully saturated rings. The molecule has 35 heavy (non-hydrogen) atoms. The van der Waals surface area contributed by atoms with Crippen molar-refractivity contribution in [1.29, 1.82) is 0 Å². The lowest BCUT2D eigenvalue weighted by atomic mass is 9.90. The second kappa shape index (κ2) is 10.7. The number of hydrogen-bond acceptors (Lipinski definition) is 5. The summed E-state index contributed by atoms with van der Waals surface area (Å²) in [5.41, 5.74) is 2.10. The Morgan fingerprint density at radius 1 is 1.06 bits per heavy atom. The number of carboxylic acid groups (broad SMARTS) is 1. The standard InChI is InChI=1S/C25H18Cl2N2O3S.2ClH/c1-13-20(24(30)31)23(21-15-7-4-3-6-14(15)10-11-18(21)32-2)29-12-19(33-25(29)28-13)22-16(26)8-5-9-17(22)27;;/h3-12,23H,1-2H3,(H,30,31);2*1H. The molecule has 1 atom stereocenters. The molecule has 10 heteroatoms. The highest BCUT2D eigenvalue weighted by atomic mass is 35.5. The summed E-state index contributed by atoms with van der Waals surface area (Å²) in [6.07, 6.45) is 1.87. The molecule has 3 aromatic carbocycles. The first-order valence-electron chi connectivity index (χ1n) is 10.1. The van der Waals surface area contributed by atoms with Gasteiger partial charge in [-0.25, -0.2) is 9.79 Å². The van der Waals surface area contributed by atoms with Crippen molar-refractivity contribution in [1.82, 2.24) is 4.90 Å². The fourth-order valence-corrected chi connectivity index (χ4v) is 6.15. The predicted molar refractivity (Wildman–Crippen MR) is 149 cm³/mol. The molecule has 1 N–H and O–H groups in total. The largest absolute Gasteiger partial charge is 0.496 e. The number of nitrogens with zero attached hydrogens (tertiary/aromatic N) is 2. The van der Waals surface area contributed by atoms with Crippen LogP contribution in [0.1, 0.15) is 24.1 Å². The Labute approximate surface area is 229 Å². The van der Waals surface area contributed by atoms with Crippen molar-refractivity contribution in [2.24, 2.45) is 4.99 Å². The summed E-state index contributed by atoms with van der Waals surface area (Å²) in [5, 5.41) is 13.8. The average molecular weight is 570 g/mol. The fraction of sp³-hybridized carbons (Fsp3) is 0.120. The minimum Gasteiger partial charge on any atom is -0.496 e. The second-order valence-corrected chi connectivity index (χ2v) is 9.43. The second-order valence-electron chi connectivity index (χ2n) is 7.60. The highest BCUT2D eigenvalue weighted by Gasteiger charge is 2.41. The van der Waals surface area contributed by atoms with E-state index >= 15 is 0 Å². The Bertz CT molecular complexity index is 1400. The van der Waals surface area contributed by atoms with Gasteiger partial charge >= 0.3 is 5.97 Å². The first-order chi connectivity index (χ1) is 15.9.